The molecular weight excluding hydrogens is 237 g/mol. The number of oxime groups is 1. The highest BCUT2D eigenvalue weighted by atomic mass is 19.1. The Balaban J connectivity index is 2.88. The molecule has 5 heteroatoms. The van der Waals surface area contributed by atoms with Crippen LogP contribution in [0.15, 0.2) is 23.4 Å². The van der Waals surface area contributed by atoms with Crippen molar-refractivity contribution in [1.82, 2.24) is 0 Å². The molecule has 0 bridgehead atoms. The van der Waals surface area contributed by atoms with Crippen LogP contribution in [0, 0.1) is 5.82 Å². The predicted molar refractivity (Wildman–Crippen MR) is 67.0 cm³/mol. The van der Waals surface area contributed by atoms with Crippen LogP contribution in [0.1, 0.15) is 25.8 Å². The highest BCUT2D eigenvalue weighted by Crippen LogP contribution is 2.22. The number of nitrogens with zero attached hydrogens (tertiary/aromatic N) is 1. The number of halogens is 1. The van der Waals surface area contributed by atoms with Gasteiger partial charge in [-0.1, -0.05) is 5.16 Å². The molecule has 0 saturated carbocycles. The van der Waals surface area contributed by atoms with E-state index >= 15 is 0 Å². The van der Waals surface area contributed by atoms with Gasteiger partial charge < -0.3 is 14.7 Å². The van der Waals surface area contributed by atoms with E-state index in [2.05, 4.69) is 5.16 Å². The van der Waals surface area contributed by atoms with Crippen molar-refractivity contribution >= 4 is 5.71 Å². The minimum absolute atomic E-state index is 0.114. The number of benzene rings is 1. The van der Waals surface area contributed by atoms with Crippen molar-refractivity contribution in [2.24, 2.45) is 5.16 Å². The molecule has 1 unspecified atom stereocenters. The minimum atomic E-state index is -0.390. The summed E-state index contributed by atoms with van der Waals surface area (Å²) in [4.78, 5) is 0. The molecule has 18 heavy (non-hydrogen) atoms. The van der Waals surface area contributed by atoms with Gasteiger partial charge in [-0.15, -0.1) is 0 Å². The van der Waals surface area contributed by atoms with Gasteiger partial charge in [0.2, 0.25) is 0 Å². The normalized spacial score (nSPS) is 13.4. The number of methoxy groups -OCH3 is 1. The third-order valence-electron chi connectivity index (χ3n) is 2.54. The molecule has 0 fully saturated rings. The summed E-state index contributed by atoms with van der Waals surface area (Å²) >= 11 is 0. The molecule has 0 spiro atoms. The van der Waals surface area contributed by atoms with Crippen molar-refractivity contribution in [3.8, 4) is 5.75 Å². The maximum absolute atomic E-state index is 13.2. The Bertz CT molecular complexity index is 421. The van der Waals surface area contributed by atoms with Crippen molar-refractivity contribution in [2.75, 3.05) is 13.7 Å². The topological polar surface area (TPSA) is 51.0 Å². The maximum atomic E-state index is 13.2. The molecule has 0 aliphatic carbocycles. The average Bonchev–Trinajstić information content (AvgIpc) is 2.35. The Hall–Kier alpha value is -1.62. The average molecular weight is 255 g/mol. The van der Waals surface area contributed by atoms with Gasteiger partial charge in [-0.25, -0.2) is 4.39 Å². The van der Waals surface area contributed by atoms with Crippen LogP contribution in [0.5, 0.6) is 5.75 Å². The highest BCUT2D eigenvalue weighted by molar-refractivity contribution is 6.00. The lowest BCUT2D eigenvalue weighted by Crippen LogP contribution is -2.16. The van der Waals surface area contributed by atoms with Crippen molar-refractivity contribution in [3.05, 3.63) is 29.6 Å². The monoisotopic (exact) mass is 255 g/mol. The van der Waals surface area contributed by atoms with E-state index < -0.39 is 5.82 Å². The van der Waals surface area contributed by atoms with Crippen molar-refractivity contribution in [1.29, 1.82) is 0 Å². The van der Waals surface area contributed by atoms with E-state index in [1.807, 2.05) is 6.92 Å². The van der Waals surface area contributed by atoms with Gasteiger partial charge in [0.1, 0.15) is 11.6 Å². The van der Waals surface area contributed by atoms with Crippen LogP contribution < -0.4 is 4.74 Å². The van der Waals surface area contributed by atoms with Crippen LogP contribution in [0.3, 0.4) is 0 Å². The summed E-state index contributed by atoms with van der Waals surface area (Å²) in [7, 11) is 1.61. The lowest BCUT2D eigenvalue weighted by molar-refractivity contribution is 0.135. The zero-order valence-electron chi connectivity index (χ0n) is 10.8. The molecule has 1 aromatic carbocycles. The lowest BCUT2D eigenvalue weighted by atomic mass is 10.1. The SMILES string of the molecule is COCCC(C)Oc1cc(F)ccc1/C(C)=N/O. The minimum Gasteiger partial charge on any atom is -0.490 e. The third kappa shape index (κ3) is 4.00. The van der Waals surface area contributed by atoms with Gasteiger partial charge in [-0.3, -0.25) is 0 Å². The van der Waals surface area contributed by atoms with Crippen molar-refractivity contribution < 1.29 is 19.1 Å². The third-order valence-corrected chi connectivity index (χ3v) is 2.54. The molecule has 4 nitrogen and oxygen atoms in total. The Morgan fingerprint density at radius 3 is 2.83 bits per heavy atom. The van der Waals surface area contributed by atoms with E-state index in [0.29, 0.717) is 30.1 Å². The zero-order valence-corrected chi connectivity index (χ0v) is 10.8. The zero-order chi connectivity index (χ0) is 13.5. The quantitative estimate of drug-likeness (QED) is 0.483. The van der Waals surface area contributed by atoms with Crippen molar-refractivity contribution in [2.45, 2.75) is 26.4 Å². The second-order valence-corrected chi connectivity index (χ2v) is 4.04. The summed E-state index contributed by atoms with van der Waals surface area (Å²) in [6, 6.07) is 4.12. The van der Waals surface area contributed by atoms with Crippen LogP contribution in [-0.2, 0) is 4.74 Å². The standard InChI is InChI=1S/C13H18FNO3/c1-9(6-7-17-3)18-13-8-11(14)4-5-12(13)10(2)15-16/h4-5,8-9,16H,6-7H2,1-3H3/b15-10+. The summed E-state index contributed by atoms with van der Waals surface area (Å²) in [5.41, 5.74) is 0.951. The first kappa shape index (κ1) is 14.4. The number of rotatable bonds is 6. The maximum Gasteiger partial charge on any atom is 0.131 e. The first-order chi connectivity index (χ1) is 8.58. The van der Waals surface area contributed by atoms with Gasteiger partial charge in [0.15, 0.2) is 0 Å². The molecule has 1 atom stereocenters. The van der Waals surface area contributed by atoms with E-state index in [4.69, 9.17) is 14.7 Å². The Morgan fingerprint density at radius 2 is 2.22 bits per heavy atom. The van der Waals surface area contributed by atoms with Crippen molar-refractivity contribution in [3.63, 3.8) is 0 Å². The summed E-state index contributed by atoms with van der Waals surface area (Å²) in [5, 5.41) is 11.9. The van der Waals surface area contributed by atoms with E-state index in [0.717, 1.165) is 0 Å². The van der Waals surface area contributed by atoms with Crippen LogP contribution in [0.2, 0.25) is 0 Å². The van der Waals surface area contributed by atoms with E-state index in [1.54, 1.807) is 14.0 Å². The van der Waals surface area contributed by atoms with Gasteiger partial charge >= 0.3 is 0 Å². The van der Waals surface area contributed by atoms with Crippen LogP contribution in [-0.4, -0.2) is 30.7 Å². The summed E-state index contributed by atoms with van der Waals surface area (Å²) in [6.45, 7) is 4.07. The van der Waals surface area contributed by atoms with Crippen LogP contribution >= 0.6 is 0 Å². The number of hydrogen-bond donors (Lipinski definition) is 1. The molecular formula is C13H18FNO3. The van der Waals surface area contributed by atoms with E-state index in [-0.39, 0.29) is 6.10 Å². The Morgan fingerprint density at radius 1 is 1.50 bits per heavy atom. The van der Waals surface area contributed by atoms with Gasteiger partial charge in [-0.05, 0) is 26.0 Å². The molecule has 1 N–H and O–H groups in total. The summed E-state index contributed by atoms with van der Waals surface area (Å²) < 4.78 is 23.8. The van der Waals surface area contributed by atoms with Crippen LogP contribution in [0.4, 0.5) is 4.39 Å². The van der Waals surface area contributed by atoms with Gasteiger partial charge in [0.25, 0.3) is 0 Å². The smallest absolute Gasteiger partial charge is 0.131 e. The summed E-state index contributed by atoms with van der Waals surface area (Å²) in [5.74, 6) is -0.0210. The second kappa shape index (κ2) is 6.96. The van der Waals surface area contributed by atoms with Gasteiger partial charge in [0, 0.05) is 31.8 Å². The van der Waals surface area contributed by atoms with Gasteiger partial charge in [0.05, 0.1) is 11.8 Å². The molecule has 0 amide bonds. The molecule has 0 aromatic heterocycles. The predicted octanol–water partition coefficient (Wildman–Crippen LogP) is 2.83. The van der Waals surface area contributed by atoms with Gasteiger partial charge in [-0.2, -0.15) is 0 Å². The molecule has 0 aliphatic heterocycles. The van der Waals surface area contributed by atoms with E-state index in [9.17, 15) is 4.39 Å². The lowest BCUT2D eigenvalue weighted by Gasteiger charge is -2.17. The molecule has 0 saturated heterocycles. The highest BCUT2D eigenvalue weighted by Gasteiger charge is 2.12. The molecule has 100 valence electrons. The fourth-order valence-corrected chi connectivity index (χ4v) is 1.51. The molecule has 1 aromatic rings. The number of hydrogen-bond acceptors (Lipinski definition) is 4. The molecule has 0 aliphatic rings. The largest absolute Gasteiger partial charge is 0.490 e. The Labute approximate surface area is 106 Å². The summed E-state index contributed by atoms with van der Waals surface area (Å²) in [6.07, 6.45) is 0.582. The first-order valence-electron chi connectivity index (χ1n) is 5.72. The fourth-order valence-electron chi connectivity index (χ4n) is 1.51. The first-order valence-corrected chi connectivity index (χ1v) is 5.72. The number of ether oxygens (including phenoxy) is 2. The Kier molecular flexibility index (Phi) is 5.58. The molecule has 0 radical (unpaired) electrons. The van der Waals surface area contributed by atoms with E-state index in [1.165, 1.54) is 18.2 Å². The second-order valence-electron chi connectivity index (χ2n) is 4.04. The fraction of sp³-hybridized carbons (Fsp3) is 0.462. The molecule has 0 heterocycles. The van der Waals surface area contributed by atoms with Crippen LogP contribution in [0.25, 0.3) is 0 Å². The molecule has 1 rings (SSSR count).